The minimum absolute atomic E-state index is 0.619. The van der Waals surface area contributed by atoms with Crippen molar-refractivity contribution >= 4 is 23.0 Å². The number of aromatic nitrogens is 1. The number of pyridine rings is 1. The summed E-state index contributed by atoms with van der Waals surface area (Å²) in [5, 5.41) is 3.97. The van der Waals surface area contributed by atoms with Crippen LogP contribution in [0.1, 0.15) is 16.7 Å². The first-order chi connectivity index (χ1) is 14.1. The molecule has 0 aliphatic heterocycles. The Balaban J connectivity index is 1.83. The summed E-state index contributed by atoms with van der Waals surface area (Å²) in [6.07, 6.45) is 3.63. The molecule has 1 aromatic heterocycles. The predicted molar refractivity (Wildman–Crippen MR) is 120 cm³/mol. The fourth-order valence-electron chi connectivity index (χ4n) is 2.98. The predicted octanol–water partition coefficient (Wildman–Crippen LogP) is 4.81. The zero-order chi connectivity index (χ0) is 20.6. The van der Waals surface area contributed by atoms with Crippen molar-refractivity contribution in [3.05, 3.63) is 83.7 Å². The maximum atomic E-state index is 5.77. The fraction of sp³-hybridized carbons (Fsp3) is 0.217. The standard InChI is InChI=1S/C23H25N3O2S/c1-17-6-11-22(28-3)21(13-17)25-23(29)26(16-19-5-4-12-24-14-19)15-18-7-9-20(27-2)10-8-18/h4-14H,15-16H2,1-3H3,(H,25,29). The molecule has 6 heteroatoms. The van der Waals surface area contributed by atoms with Crippen molar-refractivity contribution in [3.63, 3.8) is 0 Å². The van der Waals surface area contributed by atoms with E-state index in [1.807, 2.05) is 67.7 Å². The second-order valence-electron chi connectivity index (χ2n) is 6.70. The van der Waals surface area contributed by atoms with Crippen molar-refractivity contribution in [2.75, 3.05) is 19.5 Å². The normalized spacial score (nSPS) is 10.3. The molecular weight excluding hydrogens is 382 g/mol. The number of hydrogen-bond donors (Lipinski definition) is 1. The molecule has 0 bridgehead atoms. The molecule has 0 saturated carbocycles. The Morgan fingerprint density at radius 1 is 1.00 bits per heavy atom. The average Bonchev–Trinajstić information content (AvgIpc) is 2.74. The number of rotatable bonds is 7. The van der Waals surface area contributed by atoms with Crippen molar-refractivity contribution < 1.29 is 9.47 Å². The molecular formula is C23H25N3O2S. The minimum atomic E-state index is 0.619. The molecule has 29 heavy (non-hydrogen) atoms. The molecule has 0 aliphatic carbocycles. The Labute approximate surface area is 177 Å². The first-order valence-electron chi connectivity index (χ1n) is 9.31. The molecule has 5 nitrogen and oxygen atoms in total. The number of benzene rings is 2. The minimum Gasteiger partial charge on any atom is -0.497 e. The van der Waals surface area contributed by atoms with Gasteiger partial charge in [0.1, 0.15) is 11.5 Å². The van der Waals surface area contributed by atoms with E-state index in [9.17, 15) is 0 Å². The molecule has 3 rings (SSSR count). The quantitative estimate of drug-likeness (QED) is 0.568. The van der Waals surface area contributed by atoms with Crippen LogP contribution in [0.25, 0.3) is 0 Å². The van der Waals surface area contributed by atoms with Gasteiger partial charge in [0.05, 0.1) is 19.9 Å². The highest BCUT2D eigenvalue weighted by Gasteiger charge is 2.14. The number of methoxy groups -OCH3 is 2. The first-order valence-corrected chi connectivity index (χ1v) is 9.72. The van der Waals surface area contributed by atoms with Crippen molar-refractivity contribution in [1.29, 1.82) is 0 Å². The molecule has 1 heterocycles. The number of hydrogen-bond acceptors (Lipinski definition) is 4. The zero-order valence-corrected chi connectivity index (χ0v) is 17.7. The topological polar surface area (TPSA) is 46.6 Å². The number of anilines is 1. The van der Waals surface area contributed by atoms with Crippen LogP contribution in [0.15, 0.2) is 67.0 Å². The number of thiocarbonyl (C=S) groups is 1. The number of ether oxygens (including phenoxy) is 2. The summed E-state index contributed by atoms with van der Waals surface area (Å²) in [4.78, 5) is 6.33. The third kappa shape index (κ3) is 5.68. The van der Waals surface area contributed by atoms with Gasteiger partial charge in [0.25, 0.3) is 0 Å². The molecule has 0 radical (unpaired) electrons. The van der Waals surface area contributed by atoms with E-state index in [0.717, 1.165) is 33.9 Å². The summed E-state index contributed by atoms with van der Waals surface area (Å²) in [5.74, 6) is 1.58. The molecule has 0 atom stereocenters. The number of nitrogens with one attached hydrogen (secondary N) is 1. The Morgan fingerprint density at radius 2 is 1.76 bits per heavy atom. The average molecular weight is 408 g/mol. The van der Waals surface area contributed by atoms with Crippen LogP contribution in [0.2, 0.25) is 0 Å². The van der Waals surface area contributed by atoms with E-state index in [2.05, 4.69) is 15.2 Å². The maximum absolute atomic E-state index is 5.77. The van der Waals surface area contributed by atoms with E-state index in [1.165, 1.54) is 0 Å². The molecule has 1 N–H and O–H groups in total. The number of aryl methyl sites for hydroxylation is 1. The van der Waals surface area contributed by atoms with Gasteiger partial charge in [-0.05, 0) is 66.2 Å². The van der Waals surface area contributed by atoms with Crippen LogP contribution in [-0.2, 0) is 13.1 Å². The highest BCUT2D eigenvalue weighted by Crippen LogP contribution is 2.26. The Kier molecular flexibility index (Phi) is 7.03. The highest BCUT2D eigenvalue weighted by molar-refractivity contribution is 7.80. The van der Waals surface area contributed by atoms with Gasteiger partial charge in [-0.3, -0.25) is 4.98 Å². The van der Waals surface area contributed by atoms with Crippen LogP contribution in [0.4, 0.5) is 5.69 Å². The molecule has 0 aliphatic rings. The summed E-state index contributed by atoms with van der Waals surface area (Å²) >= 11 is 5.77. The van der Waals surface area contributed by atoms with Crippen LogP contribution >= 0.6 is 12.2 Å². The van der Waals surface area contributed by atoms with E-state index in [-0.39, 0.29) is 0 Å². The summed E-state index contributed by atoms with van der Waals surface area (Å²) < 4.78 is 10.7. The lowest BCUT2D eigenvalue weighted by Gasteiger charge is -2.27. The van der Waals surface area contributed by atoms with Gasteiger partial charge in [-0.15, -0.1) is 0 Å². The second kappa shape index (κ2) is 9.89. The van der Waals surface area contributed by atoms with Gasteiger partial charge in [0.15, 0.2) is 5.11 Å². The molecule has 0 amide bonds. The van der Waals surface area contributed by atoms with Gasteiger partial charge in [0.2, 0.25) is 0 Å². The summed E-state index contributed by atoms with van der Waals surface area (Å²) in [6, 6.07) is 18.0. The number of nitrogens with zero attached hydrogens (tertiary/aromatic N) is 2. The molecule has 3 aromatic rings. The van der Waals surface area contributed by atoms with Crippen LogP contribution in [0.3, 0.4) is 0 Å². The monoisotopic (exact) mass is 407 g/mol. The molecule has 0 fully saturated rings. The van der Waals surface area contributed by atoms with Gasteiger partial charge in [0, 0.05) is 25.5 Å². The lowest BCUT2D eigenvalue weighted by Crippen LogP contribution is -2.34. The van der Waals surface area contributed by atoms with E-state index < -0.39 is 0 Å². The third-order valence-electron chi connectivity index (χ3n) is 4.51. The molecule has 0 saturated heterocycles. The molecule has 150 valence electrons. The Morgan fingerprint density at radius 3 is 2.41 bits per heavy atom. The van der Waals surface area contributed by atoms with Crippen LogP contribution in [0, 0.1) is 6.92 Å². The lowest BCUT2D eigenvalue weighted by atomic mass is 10.2. The SMILES string of the molecule is COc1ccc(CN(Cc2cccnc2)C(=S)Nc2cc(C)ccc2OC)cc1. The van der Waals surface area contributed by atoms with Crippen LogP contribution < -0.4 is 14.8 Å². The first kappa shape index (κ1) is 20.6. The van der Waals surface area contributed by atoms with Gasteiger partial charge in [-0.2, -0.15) is 0 Å². The van der Waals surface area contributed by atoms with Crippen molar-refractivity contribution in [2.45, 2.75) is 20.0 Å². The molecule has 0 unspecified atom stereocenters. The van der Waals surface area contributed by atoms with Gasteiger partial charge in [-0.1, -0.05) is 24.3 Å². The van der Waals surface area contributed by atoms with Crippen molar-refractivity contribution in [3.8, 4) is 11.5 Å². The van der Waals surface area contributed by atoms with Crippen molar-refractivity contribution in [1.82, 2.24) is 9.88 Å². The van der Waals surface area contributed by atoms with Gasteiger partial charge >= 0.3 is 0 Å². The van der Waals surface area contributed by atoms with E-state index in [1.54, 1.807) is 20.4 Å². The largest absolute Gasteiger partial charge is 0.497 e. The van der Waals surface area contributed by atoms with Gasteiger partial charge in [-0.25, -0.2) is 0 Å². The summed E-state index contributed by atoms with van der Waals surface area (Å²) in [5.41, 5.74) is 4.20. The van der Waals surface area contributed by atoms with E-state index >= 15 is 0 Å². The lowest BCUT2D eigenvalue weighted by molar-refractivity contribution is 0.405. The third-order valence-corrected chi connectivity index (χ3v) is 4.87. The maximum Gasteiger partial charge on any atom is 0.174 e. The van der Waals surface area contributed by atoms with Crippen molar-refractivity contribution in [2.24, 2.45) is 0 Å². The molecule has 2 aromatic carbocycles. The molecule has 0 spiro atoms. The highest BCUT2D eigenvalue weighted by atomic mass is 32.1. The van der Waals surface area contributed by atoms with Gasteiger partial charge < -0.3 is 19.7 Å². The Hall–Kier alpha value is -3.12. The zero-order valence-electron chi connectivity index (χ0n) is 16.9. The van der Waals surface area contributed by atoms with E-state index in [4.69, 9.17) is 21.7 Å². The summed E-state index contributed by atoms with van der Waals surface area (Å²) in [7, 11) is 3.32. The second-order valence-corrected chi connectivity index (χ2v) is 7.09. The van der Waals surface area contributed by atoms with E-state index in [0.29, 0.717) is 18.2 Å². The van der Waals surface area contributed by atoms with Crippen LogP contribution in [-0.4, -0.2) is 29.2 Å². The Bertz CT molecular complexity index is 946. The fourth-order valence-corrected chi connectivity index (χ4v) is 3.22. The van der Waals surface area contributed by atoms with Crippen LogP contribution in [0.5, 0.6) is 11.5 Å². The summed E-state index contributed by atoms with van der Waals surface area (Å²) in [6.45, 7) is 3.33. The smallest absolute Gasteiger partial charge is 0.174 e.